The zero-order valence-corrected chi connectivity index (χ0v) is 22.5. The number of aromatic amines is 1. The van der Waals surface area contributed by atoms with Gasteiger partial charge in [-0.3, -0.25) is 4.79 Å². The van der Waals surface area contributed by atoms with Gasteiger partial charge in [-0.2, -0.15) is 0 Å². The smallest absolute Gasteiger partial charge is 0.341 e. The van der Waals surface area contributed by atoms with Crippen molar-refractivity contribution in [2.75, 3.05) is 11.9 Å². The number of carbonyl (C=O) groups is 3. The minimum atomic E-state index is -1.05. The summed E-state index contributed by atoms with van der Waals surface area (Å²) in [6, 6.07) is 6.86. The molecule has 1 aromatic carbocycles. The highest BCUT2D eigenvalue weighted by atomic mass is 32.1. The fourth-order valence-corrected chi connectivity index (χ4v) is 5.65. The third-order valence-corrected chi connectivity index (χ3v) is 7.77. The van der Waals surface area contributed by atoms with E-state index in [9.17, 15) is 14.4 Å². The van der Waals surface area contributed by atoms with Crippen molar-refractivity contribution >= 4 is 34.2 Å². The number of aryl methyl sites for hydroxylation is 3. The molecule has 9 heteroatoms. The van der Waals surface area contributed by atoms with Gasteiger partial charge in [0.25, 0.3) is 5.91 Å². The molecule has 0 saturated carbocycles. The van der Waals surface area contributed by atoms with Gasteiger partial charge >= 0.3 is 11.9 Å². The van der Waals surface area contributed by atoms with E-state index in [2.05, 4.69) is 15.3 Å². The highest BCUT2D eigenvalue weighted by Gasteiger charge is 2.28. The molecule has 1 aliphatic rings. The molecular formula is C28H33N3O5S. The van der Waals surface area contributed by atoms with Crippen LogP contribution >= 0.6 is 11.3 Å². The Balaban J connectivity index is 1.45. The molecule has 4 rings (SSSR count). The number of ether oxygens (including phenoxy) is 2. The Kier molecular flexibility index (Phi) is 8.43. The van der Waals surface area contributed by atoms with Gasteiger partial charge in [-0.05, 0) is 71.1 Å². The van der Waals surface area contributed by atoms with Crippen LogP contribution in [0.15, 0.2) is 24.3 Å². The third kappa shape index (κ3) is 6.10. The van der Waals surface area contributed by atoms with E-state index < -0.39 is 23.9 Å². The van der Waals surface area contributed by atoms with Crippen LogP contribution in [-0.4, -0.2) is 40.5 Å². The van der Waals surface area contributed by atoms with E-state index in [0.717, 1.165) is 71.7 Å². The molecule has 1 amide bonds. The first kappa shape index (κ1) is 26.6. The summed E-state index contributed by atoms with van der Waals surface area (Å²) in [6.45, 7) is 7.41. The molecule has 0 aliphatic heterocycles. The number of carbonyl (C=O) groups excluding carboxylic acids is 3. The van der Waals surface area contributed by atoms with Gasteiger partial charge < -0.3 is 19.8 Å². The van der Waals surface area contributed by atoms with Crippen LogP contribution in [0.3, 0.4) is 0 Å². The second-order valence-corrected chi connectivity index (χ2v) is 10.4. The minimum absolute atomic E-state index is 0.253. The van der Waals surface area contributed by atoms with Crippen molar-refractivity contribution in [1.82, 2.24) is 9.97 Å². The predicted molar refractivity (Wildman–Crippen MR) is 143 cm³/mol. The maximum Gasteiger partial charge on any atom is 0.341 e. The number of imidazole rings is 1. The lowest BCUT2D eigenvalue weighted by atomic mass is 9.96. The van der Waals surface area contributed by atoms with Gasteiger partial charge in [-0.15, -0.1) is 11.3 Å². The van der Waals surface area contributed by atoms with Crippen molar-refractivity contribution in [3.05, 3.63) is 57.2 Å². The van der Waals surface area contributed by atoms with Crippen LogP contribution in [0, 0.1) is 13.8 Å². The van der Waals surface area contributed by atoms with Gasteiger partial charge in [-0.25, -0.2) is 14.6 Å². The van der Waals surface area contributed by atoms with E-state index in [1.807, 2.05) is 13.8 Å². The lowest BCUT2D eigenvalue weighted by Crippen LogP contribution is -2.30. The van der Waals surface area contributed by atoms with E-state index in [1.165, 1.54) is 18.3 Å². The van der Waals surface area contributed by atoms with Crippen molar-refractivity contribution < 1.29 is 23.9 Å². The summed E-state index contributed by atoms with van der Waals surface area (Å²) in [5, 5.41) is 3.30. The maximum atomic E-state index is 13.0. The molecule has 2 N–H and O–H groups in total. The molecule has 0 spiro atoms. The number of nitrogens with one attached hydrogen (secondary N) is 2. The van der Waals surface area contributed by atoms with Crippen molar-refractivity contribution in [3.63, 3.8) is 0 Å². The van der Waals surface area contributed by atoms with Crippen molar-refractivity contribution in [2.24, 2.45) is 0 Å². The van der Waals surface area contributed by atoms with Gasteiger partial charge in [-0.1, -0.05) is 25.0 Å². The minimum Gasteiger partial charge on any atom is -0.462 e. The molecule has 1 atom stereocenters. The second kappa shape index (κ2) is 11.7. The third-order valence-electron chi connectivity index (χ3n) is 6.56. The van der Waals surface area contributed by atoms with Crippen LogP contribution in [0.2, 0.25) is 0 Å². The van der Waals surface area contributed by atoms with Crippen molar-refractivity contribution in [1.29, 1.82) is 0 Å². The van der Waals surface area contributed by atoms with Crippen molar-refractivity contribution in [2.45, 2.75) is 72.3 Å². The van der Waals surface area contributed by atoms with Gasteiger partial charge in [0.15, 0.2) is 6.10 Å². The Morgan fingerprint density at radius 2 is 1.76 bits per heavy atom. The van der Waals surface area contributed by atoms with Crippen LogP contribution in [0.4, 0.5) is 5.00 Å². The Labute approximate surface area is 220 Å². The highest BCUT2D eigenvalue weighted by Crippen LogP contribution is 2.37. The number of fused-ring (bicyclic) bond motifs is 1. The SMILES string of the molecule is CCOC(=O)c1c(NC(=O)C(C)OC(=O)c2ccc(-c3nc(C)c(C)[nH]3)cc2)sc2c1CCCCCC2. The van der Waals surface area contributed by atoms with Crippen LogP contribution in [0.5, 0.6) is 0 Å². The quantitative estimate of drug-likeness (QED) is 0.380. The summed E-state index contributed by atoms with van der Waals surface area (Å²) in [7, 11) is 0. The summed E-state index contributed by atoms with van der Waals surface area (Å²) in [5.41, 5.74) is 4.50. The molecular weight excluding hydrogens is 490 g/mol. The normalized spacial score (nSPS) is 14.2. The standard InChI is InChI=1S/C28H33N3O5S/c1-5-35-28(34)23-21-10-8-6-7-9-11-22(21)37-26(23)31-25(32)18(4)36-27(33)20-14-12-19(13-15-20)24-29-16(2)17(3)30-24/h12-15,18H,5-11H2,1-4H3,(H,29,30)(H,31,32). The summed E-state index contributed by atoms with van der Waals surface area (Å²) >= 11 is 1.42. The van der Waals surface area contributed by atoms with Crippen LogP contribution in [-0.2, 0) is 27.1 Å². The van der Waals surface area contributed by atoms with E-state index in [0.29, 0.717) is 16.1 Å². The molecule has 1 unspecified atom stereocenters. The number of aromatic nitrogens is 2. The van der Waals surface area contributed by atoms with Gasteiger partial charge in [0.2, 0.25) is 0 Å². The monoisotopic (exact) mass is 523 g/mol. The van der Waals surface area contributed by atoms with Crippen molar-refractivity contribution in [3.8, 4) is 11.4 Å². The molecule has 2 heterocycles. The fourth-order valence-electron chi connectivity index (χ4n) is 4.37. The highest BCUT2D eigenvalue weighted by molar-refractivity contribution is 7.17. The Hall–Kier alpha value is -3.46. The number of esters is 2. The lowest BCUT2D eigenvalue weighted by molar-refractivity contribution is -0.123. The maximum absolute atomic E-state index is 13.0. The lowest BCUT2D eigenvalue weighted by Gasteiger charge is -2.14. The molecule has 0 radical (unpaired) electrons. The van der Waals surface area contributed by atoms with E-state index in [-0.39, 0.29) is 6.61 Å². The Bertz CT molecular complexity index is 1270. The number of H-pyrrole nitrogens is 1. The summed E-state index contributed by atoms with van der Waals surface area (Å²) in [6.07, 6.45) is 4.93. The van der Waals surface area contributed by atoms with Crippen LogP contribution in [0.25, 0.3) is 11.4 Å². The molecule has 0 bridgehead atoms. The first-order valence-corrected chi connectivity index (χ1v) is 13.6. The van der Waals surface area contributed by atoms with Gasteiger partial charge in [0.05, 0.1) is 23.4 Å². The fraction of sp³-hybridized carbons (Fsp3) is 0.429. The number of hydrogen-bond donors (Lipinski definition) is 2. The number of anilines is 1. The molecule has 3 aromatic rings. The molecule has 0 fully saturated rings. The second-order valence-electron chi connectivity index (χ2n) is 9.25. The zero-order chi connectivity index (χ0) is 26.5. The predicted octanol–water partition coefficient (Wildman–Crippen LogP) is 5.77. The molecule has 2 aromatic heterocycles. The zero-order valence-electron chi connectivity index (χ0n) is 21.7. The number of nitrogens with zero attached hydrogens (tertiary/aromatic N) is 1. The number of rotatable bonds is 7. The van der Waals surface area contributed by atoms with E-state index >= 15 is 0 Å². The summed E-state index contributed by atoms with van der Waals surface area (Å²) in [4.78, 5) is 47.3. The van der Waals surface area contributed by atoms with Gasteiger partial charge in [0.1, 0.15) is 10.8 Å². The topological polar surface area (TPSA) is 110 Å². The first-order valence-electron chi connectivity index (χ1n) is 12.8. The largest absolute Gasteiger partial charge is 0.462 e. The molecule has 196 valence electrons. The number of thiophene rings is 1. The molecule has 1 aliphatic carbocycles. The first-order chi connectivity index (χ1) is 17.8. The van der Waals surface area contributed by atoms with Crippen LogP contribution in [0.1, 0.15) is 82.1 Å². The number of benzene rings is 1. The Morgan fingerprint density at radius 3 is 2.41 bits per heavy atom. The van der Waals surface area contributed by atoms with E-state index in [1.54, 1.807) is 31.2 Å². The summed E-state index contributed by atoms with van der Waals surface area (Å²) < 4.78 is 10.7. The summed E-state index contributed by atoms with van der Waals surface area (Å²) in [5.74, 6) is -0.802. The average Bonchev–Trinajstić information content (AvgIpc) is 3.37. The van der Waals surface area contributed by atoms with E-state index in [4.69, 9.17) is 9.47 Å². The molecule has 37 heavy (non-hydrogen) atoms. The Morgan fingerprint density at radius 1 is 1.05 bits per heavy atom. The molecule has 0 saturated heterocycles. The average molecular weight is 524 g/mol. The van der Waals surface area contributed by atoms with Crippen LogP contribution < -0.4 is 5.32 Å². The number of hydrogen-bond acceptors (Lipinski definition) is 7. The molecule has 8 nitrogen and oxygen atoms in total. The van der Waals surface area contributed by atoms with Gasteiger partial charge in [0, 0.05) is 16.1 Å². The number of amides is 1.